The van der Waals surface area contributed by atoms with Gasteiger partial charge < -0.3 is 9.64 Å². The maximum Gasteiger partial charge on any atom is 0.409 e. The Kier molecular flexibility index (Phi) is 4.60. The number of nitrogens with zero attached hydrogens (tertiary/aromatic N) is 2. The molecule has 1 aliphatic rings. The predicted molar refractivity (Wildman–Crippen MR) is 54.8 cm³/mol. The van der Waals surface area contributed by atoms with E-state index in [1.54, 1.807) is 11.8 Å². The van der Waals surface area contributed by atoms with E-state index in [9.17, 15) is 4.79 Å². The molecule has 0 saturated carbocycles. The van der Waals surface area contributed by atoms with Gasteiger partial charge in [0.2, 0.25) is 0 Å². The lowest BCUT2D eigenvalue weighted by Crippen LogP contribution is -2.39. The van der Waals surface area contributed by atoms with Crippen molar-refractivity contribution in [3.05, 3.63) is 0 Å². The Hall–Kier alpha value is -0.890. The van der Waals surface area contributed by atoms with Crippen LogP contribution in [0.2, 0.25) is 0 Å². The molecule has 0 aromatic heterocycles. The Morgan fingerprint density at radius 3 is 2.79 bits per heavy atom. The van der Waals surface area contributed by atoms with Crippen LogP contribution in [-0.2, 0) is 4.74 Å². The quantitative estimate of drug-likeness (QED) is 0.658. The second-order valence-electron chi connectivity index (χ2n) is 3.09. The maximum atomic E-state index is 11.3. The molecule has 0 atom stereocenters. The lowest BCUT2D eigenvalue weighted by molar-refractivity contribution is 0.100. The highest BCUT2D eigenvalue weighted by atomic mass is 32.2. The van der Waals surface area contributed by atoms with Crippen LogP contribution in [-0.4, -0.2) is 35.9 Å². The van der Waals surface area contributed by atoms with Crippen molar-refractivity contribution >= 4 is 17.9 Å². The fourth-order valence-electron chi connectivity index (χ4n) is 1.45. The zero-order valence-electron chi connectivity index (χ0n) is 8.23. The molecule has 14 heavy (non-hydrogen) atoms. The molecular weight excluding hydrogens is 200 g/mol. The summed E-state index contributed by atoms with van der Waals surface area (Å²) < 4.78 is 4.89. The van der Waals surface area contributed by atoms with E-state index in [4.69, 9.17) is 10.00 Å². The van der Waals surface area contributed by atoms with Crippen LogP contribution in [0.4, 0.5) is 4.79 Å². The third kappa shape index (κ3) is 3.11. The second kappa shape index (κ2) is 5.76. The summed E-state index contributed by atoms with van der Waals surface area (Å²) in [5, 5.41) is 11.0. The number of hydrogen-bond acceptors (Lipinski definition) is 4. The molecule has 4 nitrogen and oxygen atoms in total. The van der Waals surface area contributed by atoms with Crippen molar-refractivity contribution in [2.45, 2.75) is 25.0 Å². The van der Waals surface area contributed by atoms with E-state index in [-0.39, 0.29) is 6.09 Å². The number of thiocyanates is 1. The number of ether oxygens (including phenoxy) is 1. The van der Waals surface area contributed by atoms with Crippen molar-refractivity contribution in [2.75, 3.05) is 19.7 Å². The first-order valence-electron chi connectivity index (χ1n) is 4.74. The highest BCUT2D eigenvalue weighted by molar-refractivity contribution is 8.04. The van der Waals surface area contributed by atoms with Gasteiger partial charge in [-0.3, -0.25) is 0 Å². The summed E-state index contributed by atoms with van der Waals surface area (Å²) >= 11 is 1.31. The first kappa shape index (κ1) is 11.2. The molecule has 0 aromatic carbocycles. The third-order valence-electron chi connectivity index (χ3n) is 2.19. The van der Waals surface area contributed by atoms with Crippen molar-refractivity contribution in [3.63, 3.8) is 0 Å². The number of hydrogen-bond donors (Lipinski definition) is 0. The molecule has 0 aliphatic carbocycles. The van der Waals surface area contributed by atoms with Crippen LogP contribution in [0.25, 0.3) is 0 Å². The number of rotatable bonds is 2. The monoisotopic (exact) mass is 214 g/mol. The summed E-state index contributed by atoms with van der Waals surface area (Å²) in [6.45, 7) is 3.64. The molecular formula is C9H14N2O2S. The lowest BCUT2D eigenvalue weighted by Gasteiger charge is -2.29. The number of carbonyl (C=O) groups excluding carboxylic acids is 1. The Labute approximate surface area is 88.2 Å². The van der Waals surface area contributed by atoms with Gasteiger partial charge in [-0.05, 0) is 31.5 Å². The summed E-state index contributed by atoms with van der Waals surface area (Å²) in [5.74, 6) is 0. The van der Waals surface area contributed by atoms with Crippen LogP contribution in [0.3, 0.4) is 0 Å². The van der Waals surface area contributed by atoms with Gasteiger partial charge in [0.1, 0.15) is 5.40 Å². The zero-order valence-corrected chi connectivity index (χ0v) is 9.05. The molecule has 1 aliphatic heterocycles. The fourth-order valence-corrected chi connectivity index (χ4v) is 2.04. The molecule has 1 fully saturated rings. The summed E-state index contributed by atoms with van der Waals surface area (Å²) in [6.07, 6.45) is 1.54. The second-order valence-corrected chi connectivity index (χ2v) is 4.18. The number of thioether (sulfide) groups is 1. The molecule has 0 N–H and O–H groups in total. The van der Waals surface area contributed by atoms with Gasteiger partial charge >= 0.3 is 6.09 Å². The highest BCUT2D eigenvalue weighted by Crippen LogP contribution is 2.22. The first-order chi connectivity index (χ1) is 6.77. The van der Waals surface area contributed by atoms with Gasteiger partial charge in [0, 0.05) is 18.3 Å². The van der Waals surface area contributed by atoms with E-state index >= 15 is 0 Å². The number of carbonyl (C=O) groups is 1. The van der Waals surface area contributed by atoms with E-state index < -0.39 is 0 Å². The average Bonchev–Trinajstić information content (AvgIpc) is 2.20. The van der Waals surface area contributed by atoms with E-state index in [1.807, 2.05) is 0 Å². The number of piperidine rings is 1. The molecule has 0 unspecified atom stereocenters. The maximum absolute atomic E-state index is 11.3. The van der Waals surface area contributed by atoms with Gasteiger partial charge in [0.25, 0.3) is 0 Å². The lowest BCUT2D eigenvalue weighted by atomic mass is 10.1. The Balaban J connectivity index is 2.28. The van der Waals surface area contributed by atoms with Crippen LogP contribution < -0.4 is 0 Å². The molecule has 0 bridgehead atoms. The molecule has 1 rings (SSSR count). The molecule has 1 saturated heterocycles. The minimum atomic E-state index is -0.229. The van der Waals surface area contributed by atoms with Gasteiger partial charge in [-0.2, -0.15) is 5.26 Å². The molecule has 0 radical (unpaired) electrons. The minimum absolute atomic E-state index is 0.229. The van der Waals surface area contributed by atoms with Gasteiger partial charge in [-0.25, -0.2) is 4.79 Å². The zero-order chi connectivity index (χ0) is 10.4. The Bertz CT molecular complexity index is 231. The van der Waals surface area contributed by atoms with Crippen molar-refractivity contribution in [3.8, 4) is 5.40 Å². The van der Waals surface area contributed by atoms with Crippen molar-refractivity contribution in [1.29, 1.82) is 5.26 Å². The molecule has 0 spiro atoms. The topological polar surface area (TPSA) is 53.3 Å². The molecule has 1 amide bonds. The van der Waals surface area contributed by atoms with E-state index in [2.05, 4.69) is 5.40 Å². The van der Waals surface area contributed by atoms with Gasteiger partial charge in [0.15, 0.2) is 0 Å². The Morgan fingerprint density at radius 1 is 1.64 bits per heavy atom. The smallest absolute Gasteiger partial charge is 0.409 e. The highest BCUT2D eigenvalue weighted by Gasteiger charge is 2.23. The third-order valence-corrected chi connectivity index (χ3v) is 3.10. The summed E-state index contributed by atoms with van der Waals surface area (Å²) in [5.41, 5.74) is 0. The van der Waals surface area contributed by atoms with E-state index in [0.29, 0.717) is 24.9 Å². The van der Waals surface area contributed by atoms with Gasteiger partial charge in [-0.1, -0.05) is 0 Å². The summed E-state index contributed by atoms with van der Waals surface area (Å²) in [6, 6.07) is 0. The van der Waals surface area contributed by atoms with Crippen LogP contribution in [0.15, 0.2) is 0 Å². The average molecular weight is 214 g/mol. The number of likely N-dealkylation sites (tertiary alicyclic amines) is 1. The minimum Gasteiger partial charge on any atom is -0.450 e. The largest absolute Gasteiger partial charge is 0.450 e. The van der Waals surface area contributed by atoms with Crippen molar-refractivity contribution in [1.82, 2.24) is 4.90 Å². The summed E-state index contributed by atoms with van der Waals surface area (Å²) in [4.78, 5) is 13.0. The van der Waals surface area contributed by atoms with Crippen LogP contribution in [0.5, 0.6) is 0 Å². The van der Waals surface area contributed by atoms with Crippen LogP contribution in [0, 0.1) is 10.7 Å². The Morgan fingerprint density at radius 2 is 2.29 bits per heavy atom. The van der Waals surface area contributed by atoms with Crippen LogP contribution in [0.1, 0.15) is 19.8 Å². The van der Waals surface area contributed by atoms with Gasteiger partial charge in [0.05, 0.1) is 6.61 Å². The number of nitriles is 1. The van der Waals surface area contributed by atoms with E-state index in [0.717, 1.165) is 12.8 Å². The molecule has 0 aromatic rings. The molecule has 5 heteroatoms. The van der Waals surface area contributed by atoms with Gasteiger partial charge in [-0.15, -0.1) is 0 Å². The fraction of sp³-hybridized carbons (Fsp3) is 0.778. The van der Waals surface area contributed by atoms with Crippen LogP contribution >= 0.6 is 11.8 Å². The standard InChI is InChI=1S/C9H14N2O2S/c1-2-13-9(12)11-5-3-8(4-6-11)14-7-10/h8H,2-6H2,1H3. The molecule has 78 valence electrons. The predicted octanol–water partition coefficient (Wildman–Crippen LogP) is 1.82. The SMILES string of the molecule is CCOC(=O)N1CCC(SC#N)CC1. The number of amides is 1. The molecule has 1 heterocycles. The van der Waals surface area contributed by atoms with E-state index in [1.165, 1.54) is 11.8 Å². The first-order valence-corrected chi connectivity index (χ1v) is 5.62. The van der Waals surface area contributed by atoms with Crippen molar-refractivity contribution < 1.29 is 9.53 Å². The summed E-state index contributed by atoms with van der Waals surface area (Å²) in [7, 11) is 0. The normalized spacial score (nSPS) is 17.6. The van der Waals surface area contributed by atoms with Crippen molar-refractivity contribution in [2.24, 2.45) is 0 Å².